The van der Waals surface area contributed by atoms with Gasteiger partial charge in [-0.15, -0.1) is 35.3 Å². The SMILES string of the molecule is CN=C(NCC(=O)NC1CC1)N(C)Cc1csc(C)n1.I. The number of guanidine groups is 1. The van der Waals surface area contributed by atoms with Crippen LogP contribution in [0.2, 0.25) is 0 Å². The van der Waals surface area contributed by atoms with Gasteiger partial charge in [0, 0.05) is 25.5 Å². The van der Waals surface area contributed by atoms with Crippen LogP contribution in [0, 0.1) is 6.92 Å². The molecule has 8 heteroatoms. The highest BCUT2D eigenvalue weighted by Gasteiger charge is 2.23. The Balaban J connectivity index is 0.00000220. The maximum atomic E-state index is 11.6. The highest BCUT2D eigenvalue weighted by Crippen LogP contribution is 2.18. The molecule has 1 saturated carbocycles. The standard InChI is InChI=1S/C13H21N5OS.HI/c1-9-16-11(8-20-9)7-18(3)13(14-2)15-6-12(19)17-10-4-5-10;/h8,10H,4-7H2,1-3H3,(H,14,15)(H,17,19);1H. The molecule has 2 N–H and O–H groups in total. The minimum atomic E-state index is 0. The highest BCUT2D eigenvalue weighted by atomic mass is 127. The van der Waals surface area contributed by atoms with Crippen LogP contribution in [0.15, 0.2) is 10.4 Å². The van der Waals surface area contributed by atoms with E-state index >= 15 is 0 Å². The first kappa shape index (κ1) is 18.1. The molecule has 0 atom stereocenters. The molecule has 1 aromatic rings. The monoisotopic (exact) mass is 423 g/mol. The largest absolute Gasteiger partial charge is 0.352 e. The second kappa shape index (κ2) is 8.52. The van der Waals surface area contributed by atoms with E-state index in [0.717, 1.165) is 23.5 Å². The second-order valence-electron chi connectivity index (χ2n) is 4.96. The van der Waals surface area contributed by atoms with Crippen LogP contribution in [0.25, 0.3) is 0 Å². The number of aryl methyl sites for hydroxylation is 1. The van der Waals surface area contributed by atoms with Crippen molar-refractivity contribution in [1.82, 2.24) is 20.5 Å². The van der Waals surface area contributed by atoms with Gasteiger partial charge in [-0.05, 0) is 19.8 Å². The Morgan fingerprint density at radius 1 is 1.57 bits per heavy atom. The molecule has 0 bridgehead atoms. The molecule has 0 unspecified atom stereocenters. The Morgan fingerprint density at radius 3 is 2.81 bits per heavy atom. The number of aliphatic imine (C=N–C) groups is 1. The lowest BCUT2D eigenvalue weighted by atomic mass is 10.4. The van der Waals surface area contributed by atoms with Gasteiger partial charge < -0.3 is 15.5 Å². The predicted molar refractivity (Wildman–Crippen MR) is 96.3 cm³/mol. The normalized spacial score (nSPS) is 14.3. The fraction of sp³-hybridized carbons (Fsp3) is 0.615. The molecule has 1 aliphatic carbocycles. The van der Waals surface area contributed by atoms with Crippen LogP contribution in [-0.2, 0) is 11.3 Å². The summed E-state index contributed by atoms with van der Waals surface area (Å²) in [7, 11) is 3.65. The van der Waals surface area contributed by atoms with Gasteiger partial charge in [-0.25, -0.2) is 4.98 Å². The smallest absolute Gasteiger partial charge is 0.239 e. The van der Waals surface area contributed by atoms with Gasteiger partial charge in [0.2, 0.25) is 5.91 Å². The highest BCUT2D eigenvalue weighted by molar-refractivity contribution is 14.0. The van der Waals surface area contributed by atoms with Gasteiger partial charge in [0.1, 0.15) is 0 Å². The first-order chi connectivity index (χ1) is 9.58. The molecule has 118 valence electrons. The van der Waals surface area contributed by atoms with Crippen molar-refractivity contribution in [2.75, 3.05) is 20.6 Å². The van der Waals surface area contributed by atoms with Crippen molar-refractivity contribution >= 4 is 47.2 Å². The summed E-state index contributed by atoms with van der Waals surface area (Å²) >= 11 is 1.64. The number of thiazole rings is 1. The van der Waals surface area contributed by atoms with Gasteiger partial charge in [-0.1, -0.05) is 0 Å². The van der Waals surface area contributed by atoms with E-state index in [1.807, 2.05) is 24.3 Å². The van der Waals surface area contributed by atoms with E-state index in [4.69, 9.17) is 0 Å². The zero-order valence-electron chi connectivity index (χ0n) is 12.5. The van der Waals surface area contributed by atoms with Gasteiger partial charge >= 0.3 is 0 Å². The maximum absolute atomic E-state index is 11.6. The van der Waals surface area contributed by atoms with E-state index in [2.05, 4.69) is 20.6 Å². The Kier molecular flexibility index (Phi) is 7.36. The van der Waals surface area contributed by atoms with E-state index in [1.165, 1.54) is 0 Å². The number of carbonyl (C=O) groups excluding carboxylic acids is 1. The number of hydrogen-bond donors (Lipinski definition) is 2. The lowest BCUT2D eigenvalue weighted by Gasteiger charge is -2.21. The van der Waals surface area contributed by atoms with Crippen molar-refractivity contribution in [1.29, 1.82) is 0 Å². The first-order valence-electron chi connectivity index (χ1n) is 6.70. The van der Waals surface area contributed by atoms with E-state index in [1.54, 1.807) is 18.4 Å². The third-order valence-electron chi connectivity index (χ3n) is 2.99. The molecule has 1 heterocycles. The Labute approximate surface area is 146 Å². The minimum absolute atomic E-state index is 0. The molecular formula is C13H22IN5OS. The molecule has 0 aliphatic heterocycles. The van der Waals surface area contributed by atoms with Gasteiger partial charge in [-0.3, -0.25) is 9.79 Å². The van der Waals surface area contributed by atoms with E-state index in [0.29, 0.717) is 18.5 Å². The molecule has 1 fully saturated rings. The molecule has 0 radical (unpaired) electrons. The predicted octanol–water partition coefficient (Wildman–Crippen LogP) is 1.36. The summed E-state index contributed by atoms with van der Waals surface area (Å²) in [6, 6.07) is 0.391. The quantitative estimate of drug-likeness (QED) is 0.426. The van der Waals surface area contributed by atoms with Crippen LogP contribution < -0.4 is 10.6 Å². The fourth-order valence-corrected chi connectivity index (χ4v) is 2.45. The molecule has 21 heavy (non-hydrogen) atoms. The van der Waals surface area contributed by atoms with Crippen molar-refractivity contribution < 1.29 is 4.79 Å². The molecule has 1 amide bonds. The van der Waals surface area contributed by atoms with Crippen molar-refractivity contribution in [2.24, 2.45) is 4.99 Å². The lowest BCUT2D eigenvalue weighted by Crippen LogP contribution is -2.44. The average molecular weight is 423 g/mol. The third-order valence-corrected chi connectivity index (χ3v) is 3.81. The zero-order valence-corrected chi connectivity index (χ0v) is 15.7. The maximum Gasteiger partial charge on any atom is 0.239 e. The van der Waals surface area contributed by atoms with Gasteiger partial charge in [0.15, 0.2) is 5.96 Å². The van der Waals surface area contributed by atoms with Crippen LogP contribution in [0.1, 0.15) is 23.5 Å². The number of amides is 1. The molecule has 2 rings (SSSR count). The average Bonchev–Trinajstić information content (AvgIpc) is 3.12. The van der Waals surface area contributed by atoms with Crippen molar-refractivity contribution in [3.63, 3.8) is 0 Å². The zero-order chi connectivity index (χ0) is 14.5. The fourth-order valence-electron chi connectivity index (χ4n) is 1.85. The molecule has 1 aromatic heterocycles. The first-order valence-corrected chi connectivity index (χ1v) is 7.58. The minimum Gasteiger partial charge on any atom is -0.352 e. The van der Waals surface area contributed by atoms with Gasteiger partial charge in [-0.2, -0.15) is 0 Å². The summed E-state index contributed by atoms with van der Waals surface area (Å²) in [4.78, 5) is 22.2. The summed E-state index contributed by atoms with van der Waals surface area (Å²) in [6.45, 7) is 2.92. The molecule has 1 aliphatic rings. The Hall–Kier alpha value is -0.900. The van der Waals surface area contributed by atoms with Gasteiger partial charge in [0.05, 0.1) is 23.8 Å². The van der Waals surface area contributed by atoms with E-state index < -0.39 is 0 Å². The summed E-state index contributed by atoms with van der Waals surface area (Å²) in [5.74, 6) is 0.716. The summed E-state index contributed by atoms with van der Waals surface area (Å²) < 4.78 is 0. The summed E-state index contributed by atoms with van der Waals surface area (Å²) in [5.41, 5.74) is 1.01. The molecule has 0 saturated heterocycles. The number of halogens is 1. The number of nitrogens with one attached hydrogen (secondary N) is 2. The van der Waals surface area contributed by atoms with Crippen molar-refractivity contribution in [2.45, 2.75) is 32.4 Å². The van der Waals surface area contributed by atoms with Crippen LogP contribution in [0.3, 0.4) is 0 Å². The summed E-state index contributed by atoms with van der Waals surface area (Å²) in [5, 5.41) is 9.10. The van der Waals surface area contributed by atoms with Crippen LogP contribution >= 0.6 is 35.3 Å². The molecular weight excluding hydrogens is 401 g/mol. The topological polar surface area (TPSA) is 69.6 Å². The van der Waals surface area contributed by atoms with Crippen molar-refractivity contribution in [3.8, 4) is 0 Å². The summed E-state index contributed by atoms with van der Waals surface area (Å²) in [6.07, 6.45) is 2.20. The Morgan fingerprint density at radius 2 is 2.29 bits per heavy atom. The second-order valence-corrected chi connectivity index (χ2v) is 6.02. The Bertz CT molecular complexity index is 501. The van der Waals surface area contributed by atoms with Crippen molar-refractivity contribution in [3.05, 3.63) is 16.1 Å². The van der Waals surface area contributed by atoms with Gasteiger partial charge in [0.25, 0.3) is 0 Å². The number of aromatic nitrogens is 1. The lowest BCUT2D eigenvalue weighted by molar-refractivity contribution is -0.120. The molecule has 0 spiro atoms. The number of rotatable bonds is 5. The van der Waals surface area contributed by atoms with Crippen LogP contribution in [0.5, 0.6) is 0 Å². The van der Waals surface area contributed by atoms with E-state index in [9.17, 15) is 4.79 Å². The van der Waals surface area contributed by atoms with Crippen LogP contribution in [-0.4, -0.2) is 48.4 Å². The van der Waals surface area contributed by atoms with Crippen LogP contribution in [0.4, 0.5) is 0 Å². The number of carbonyl (C=O) groups is 1. The third kappa shape index (κ3) is 6.16. The molecule has 0 aromatic carbocycles. The molecule has 6 nitrogen and oxygen atoms in total. The number of nitrogens with zero attached hydrogens (tertiary/aromatic N) is 3. The van der Waals surface area contributed by atoms with E-state index in [-0.39, 0.29) is 36.4 Å². The number of hydrogen-bond acceptors (Lipinski definition) is 4.